The van der Waals surface area contributed by atoms with Crippen molar-refractivity contribution in [3.05, 3.63) is 29.8 Å². The molecule has 9 heavy (non-hydrogen) atoms. The van der Waals surface area contributed by atoms with Gasteiger partial charge in [0.15, 0.2) is 0 Å². The maximum atomic E-state index is 2.18. The van der Waals surface area contributed by atoms with E-state index in [-0.39, 0.29) is 0 Å². The minimum atomic E-state index is 1.15. The van der Waals surface area contributed by atoms with Gasteiger partial charge in [-0.25, -0.2) is 0 Å². The molecule has 0 unspecified atom stereocenters. The maximum absolute atomic E-state index is 2.18. The average Bonchev–Trinajstić information content (AvgIpc) is 1.89. The molecule has 1 heteroatoms. The number of hydrogen-bond acceptors (Lipinski definition) is 0. The van der Waals surface area contributed by atoms with Gasteiger partial charge in [-0.05, 0) is 0 Å². The van der Waals surface area contributed by atoms with E-state index in [1.807, 2.05) is 0 Å². The predicted molar refractivity (Wildman–Crippen MR) is 35.5 cm³/mol. The predicted octanol–water partition coefficient (Wildman–Crippen LogP) is 1.42. The molecule has 0 aliphatic carbocycles. The molecule has 0 N–H and O–H groups in total. The second kappa shape index (κ2) is 3.19. The first-order valence-corrected chi connectivity index (χ1v) is 3.92. The van der Waals surface area contributed by atoms with Gasteiger partial charge in [0.25, 0.3) is 0 Å². The Morgan fingerprint density at radius 1 is 1.33 bits per heavy atom. The molecule has 0 heterocycles. The number of rotatable bonds is 1. The molecule has 0 atom stereocenters. The topological polar surface area (TPSA) is 0 Å². The van der Waals surface area contributed by atoms with E-state index in [1.165, 1.54) is 9.43 Å². The molecule has 0 aliphatic rings. The Bertz CT molecular complexity index is 194. The second-order valence-electron chi connectivity index (χ2n) is 2.01. The SMILES string of the molecule is CCc1cccc[c]1[Ti]. The Labute approximate surface area is 67.7 Å². The van der Waals surface area contributed by atoms with Crippen molar-refractivity contribution in [1.29, 1.82) is 0 Å². The average molecular weight is 153 g/mol. The summed E-state index contributed by atoms with van der Waals surface area (Å²) in [4.78, 5) is 0. The van der Waals surface area contributed by atoms with Gasteiger partial charge in [0, 0.05) is 0 Å². The van der Waals surface area contributed by atoms with Crippen molar-refractivity contribution in [2.24, 2.45) is 0 Å². The Balaban J connectivity index is 3.01. The van der Waals surface area contributed by atoms with E-state index in [4.69, 9.17) is 0 Å². The van der Waals surface area contributed by atoms with Gasteiger partial charge in [-0.3, -0.25) is 0 Å². The Kier molecular flexibility index (Phi) is 2.50. The summed E-state index contributed by atoms with van der Waals surface area (Å²) >= 11 is 2.15. The van der Waals surface area contributed by atoms with Crippen LogP contribution in [0.2, 0.25) is 0 Å². The summed E-state index contributed by atoms with van der Waals surface area (Å²) in [5, 5.41) is 0. The molecule has 45 valence electrons. The normalized spacial score (nSPS) is 9.33. The second-order valence-corrected chi connectivity index (χ2v) is 2.85. The molecular formula is C8H9Ti. The van der Waals surface area contributed by atoms with Crippen molar-refractivity contribution in [2.75, 3.05) is 0 Å². The molecular weight excluding hydrogens is 144 g/mol. The first kappa shape index (κ1) is 7.05. The molecule has 0 amide bonds. The van der Waals surface area contributed by atoms with Crippen LogP contribution in [0.25, 0.3) is 0 Å². The first-order chi connectivity index (χ1) is 4.34. The molecule has 0 nitrogen and oxygen atoms in total. The van der Waals surface area contributed by atoms with Crippen molar-refractivity contribution in [3.8, 4) is 0 Å². The van der Waals surface area contributed by atoms with E-state index >= 15 is 0 Å². The van der Waals surface area contributed by atoms with Crippen LogP contribution in [0.4, 0.5) is 0 Å². The van der Waals surface area contributed by atoms with Crippen molar-refractivity contribution in [3.63, 3.8) is 0 Å². The quantitative estimate of drug-likeness (QED) is 0.535. The van der Waals surface area contributed by atoms with Gasteiger partial charge in [-0.1, -0.05) is 0 Å². The van der Waals surface area contributed by atoms with Gasteiger partial charge >= 0.3 is 67.5 Å². The minimum absolute atomic E-state index is 1.15. The van der Waals surface area contributed by atoms with Crippen LogP contribution in [0, 0.1) is 0 Å². The first-order valence-electron chi connectivity index (χ1n) is 3.14. The van der Waals surface area contributed by atoms with Gasteiger partial charge in [0.05, 0.1) is 0 Å². The molecule has 0 fully saturated rings. The van der Waals surface area contributed by atoms with E-state index in [1.54, 1.807) is 0 Å². The molecule has 1 aromatic rings. The van der Waals surface area contributed by atoms with Crippen LogP contribution in [0.15, 0.2) is 24.3 Å². The van der Waals surface area contributed by atoms with E-state index in [0.29, 0.717) is 0 Å². The van der Waals surface area contributed by atoms with Crippen molar-refractivity contribution in [2.45, 2.75) is 13.3 Å². The molecule has 0 spiro atoms. The van der Waals surface area contributed by atoms with Crippen LogP contribution in [0.5, 0.6) is 0 Å². The van der Waals surface area contributed by atoms with E-state index < -0.39 is 0 Å². The fourth-order valence-corrected chi connectivity index (χ4v) is 1.39. The summed E-state index contributed by atoms with van der Waals surface area (Å²) < 4.78 is 1.40. The van der Waals surface area contributed by atoms with E-state index in [2.05, 4.69) is 51.6 Å². The standard InChI is InChI=1S/C8H9.Ti/c1-2-8-6-4-3-5-7-8;/h3-6H,2H2,1H3;. The van der Waals surface area contributed by atoms with Gasteiger partial charge in [0.1, 0.15) is 0 Å². The summed E-state index contributed by atoms with van der Waals surface area (Å²) in [6.45, 7) is 2.18. The van der Waals surface area contributed by atoms with Crippen molar-refractivity contribution < 1.29 is 20.4 Å². The van der Waals surface area contributed by atoms with Crippen LogP contribution in [0.1, 0.15) is 12.5 Å². The van der Waals surface area contributed by atoms with Crippen molar-refractivity contribution in [1.82, 2.24) is 0 Å². The summed E-state index contributed by atoms with van der Waals surface area (Å²) in [6, 6.07) is 8.49. The molecule has 0 aliphatic heterocycles. The van der Waals surface area contributed by atoms with Gasteiger partial charge in [-0.15, -0.1) is 0 Å². The Hall–Kier alpha value is -0.0657. The van der Waals surface area contributed by atoms with Crippen LogP contribution < -0.4 is 3.87 Å². The molecule has 0 radical (unpaired) electrons. The third-order valence-electron chi connectivity index (χ3n) is 1.40. The van der Waals surface area contributed by atoms with Crippen LogP contribution in [-0.2, 0) is 26.9 Å². The molecule has 0 saturated carbocycles. The molecule has 0 saturated heterocycles. The zero-order valence-electron chi connectivity index (χ0n) is 5.52. The molecule has 0 aromatic heterocycles. The third kappa shape index (κ3) is 1.67. The Morgan fingerprint density at radius 3 is 2.44 bits per heavy atom. The molecule has 1 rings (SSSR count). The number of hydrogen-bond donors (Lipinski definition) is 0. The summed E-state index contributed by atoms with van der Waals surface area (Å²) in [7, 11) is 0. The van der Waals surface area contributed by atoms with E-state index in [0.717, 1.165) is 6.42 Å². The van der Waals surface area contributed by atoms with Crippen LogP contribution in [0.3, 0.4) is 0 Å². The van der Waals surface area contributed by atoms with Crippen LogP contribution in [-0.4, -0.2) is 0 Å². The summed E-state index contributed by atoms with van der Waals surface area (Å²) in [6.07, 6.45) is 1.15. The van der Waals surface area contributed by atoms with Crippen molar-refractivity contribution >= 4 is 3.87 Å². The monoisotopic (exact) mass is 153 g/mol. The molecule has 0 bridgehead atoms. The summed E-state index contributed by atoms with van der Waals surface area (Å²) in [5.41, 5.74) is 1.46. The Morgan fingerprint density at radius 2 is 2.00 bits per heavy atom. The van der Waals surface area contributed by atoms with Gasteiger partial charge in [-0.2, -0.15) is 0 Å². The number of aryl methyl sites for hydroxylation is 1. The third-order valence-corrected chi connectivity index (χ3v) is 2.16. The van der Waals surface area contributed by atoms with Crippen LogP contribution >= 0.6 is 0 Å². The van der Waals surface area contributed by atoms with Gasteiger partial charge in [0.2, 0.25) is 0 Å². The fraction of sp³-hybridized carbons (Fsp3) is 0.250. The zero-order chi connectivity index (χ0) is 6.69. The summed E-state index contributed by atoms with van der Waals surface area (Å²) in [5.74, 6) is 0. The zero-order valence-corrected chi connectivity index (χ0v) is 7.08. The van der Waals surface area contributed by atoms with E-state index in [9.17, 15) is 0 Å². The number of benzene rings is 1. The molecule has 1 aromatic carbocycles. The fourth-order valence-electron chi connectivity index (χ4n) is 0.829. The van der Waals surface area contributed by atoms with Gasteiger partial charge < -0.3 is 0 Å².